The first kappa shape index (κ1) is 15.0. The molecule has 0 aromatic heterocycles. The van der Waals surface area contributed by atoms with Crippen LogP contribution in [-0.2, 0) is 6.54 Å². The first-order valence-electron chi connectivity index (χ1n) is 6.94. The first-order valence-corrected chi connectivity index (χ1v) is 6.94. The molecule has 0 heterocycles. The number of nitro benzene ring substituents is 1. The molecule has 0 amide bonds. The number of rotatable bonds is 4. The van der Waals surface area contributed by atoms with Gasteiger partial charge in [0.05, 0.1) is 4.92 Å². The van der Waals surface area contributed by atoms with Gasteiger partial charge in [-0.05, 0) is 44.4 Å². The Kier molecular flexibility index (Phi) is 4.26. The van der Waals surface area contributed by atoms with E-state index in [1.54, 1.807) is 19.1 Å². The minimum Gasteiger partial charge on any atom is -0.381 e. The third-order valence-corrected chi connectivity index (χ3v) is 3.62. The monoisotopic (exact) mass is 284 g/mol. The summed E-state index contributed by atoms with van der Waals surface area (Å²) in [6, 6.07) is 9.62. The Morgan fingerprint density at radius 1 is 1.00 bits per heavy atom. The molecule has 0 unspecified atom stereocenters. The van der Waals surface area contributed by atoms with Crippen LogP contribution in [0.5, 0.6) is 0 Å². The van der Waals surface area contributed by atoms with Crippen molar-refractivity contribution in [3.8, 4) is 0 Å². The van der Waals surface area contributed by atoms with Gasteiger partial charge >= 0.3 is 0 Å². The second-order valence-electron chi connectivity index (χ2n) is 5.51. The fourth-order valence-electron chi connectivity index (χ4n) is 2.61. The number of benzene rings is 2. The number of hydrogen-bond donors (Lipinski definition) is 1. The summed E-state index contributed by atoms with van der Waals surface area (Å²) in [6.45, 7) is 8.54. The van der Waals surface area contributed by atoms with Crippen molar-refractivity contribution in [2.24, 2.45) is 0 Å². The second-order valence-corrected chi connectivity index (χ2v) is 5.51. The molecule has 2 aromatic carbocycles. The second kappa shape index (κ2) is 5.95. The van der Waals surface area contributed by atoms with Gasteiger partial charge in [0.2, 0.25) is 0 Å². The van der Waals surface area contributed by atoms with E-state index in [-0.39, 0.29) is 10.6 Å². The molecule has 2 rings (SSSR count). The van der Waals surface area contributed by atoms with E-state index in [4.69, 9.17) is 0 Å². The molecule has 0 atom stereocenters. The predicted octanol–water partition coefficient (Wildman–Crippen LogP) is 4.44. The summed E-state index contributed by atoms with van der Waals surface area (Å²) in [4.78, 5) is 10.6. The lowest BCUT2D eigenvalue weighted by Crippen LogP contribution is -2.04. The average molecular weight is 284 g/mol. The third-order valence-electron chi connectivity index (χ3n) is 3.62. The summed E-state index contributed by atoms with van der Waals surface area (Å²) in [5.41, 5.74) is 6.48. The van der Waals surface area contributed by atoms with Gasteiger partial charge in [-0.1, -0.05) is 29.8 Å². The molecule has 0 aliphatic rings. The van der Waals surface area contributed by atoms with Crippen LogP contribution in [0.4, 0.5) is 11.4 Å². The van der Waals surface area contributed by atoms with E-state index >= 15 is 0 Å². The molecule has 2 aromatic rings. The van der Waals surface area contributed by atoms with Crippen LogP contribution in [0.3, 0.4) is 0 Å². The van der Waals surface area contributed by atoms with Crippen LogP contribution in [0.15, 0.2) is 30.3 Å². The van der Waals surface area contributed by atoms with Gasteiger partial charge in [-0.15, -0.1) is 0 Å². The van der Waals surface area contributed by atoms with Crippen LogP contribution in [0.25, 0.3) is 0 Å². The van der Waals surface area contributed by atoms with Crippen molar-refractivity contribution >= 4 is 11.4 Å². The molecular formula is C17H20N2O2. The maximum absolute atomic E-state index is 11.0. The lowest BCUT2D eigenvalue weighted by atomic mass is 10.0. The molecular weight excluding hydrogens is 264 g/mol. The van der Waals surface area contributed by atoms with Crippen molar-refractivity contribution < 1.29 is 4.92 Å². The quantitative estimate of drug-likeness (QED) is 0.667. The third kappa shape index (κ3) is 3.40. The van der Waals surface area contributed by atoms with Gasteiger partial charge in [0.15, 0.2) is 0 Å². The number of hydrogen-bond acceptors (Lipinski definition) is 3. The highest BCUT2D eigenvalue weighted by atomic mass is 16.6. The maximum Gasteiger partial charge on any atom is 0.272 e. The topological polar surface area (TPSA) is 55.2 Å². The Morgan fingerprint density at radius 2 is 1.62 bits per heavy atom. The van der Waals surface area contributed by atoms with Gasteiger partial charge in [-0.3, -0.25) is 10.1 Å². The molecule has 21 heavy (non-hydrogen) atoms. The number of nitrogens with one attached hydrogen (secondary N) is 1. The Bertz CT molecular complexity index is 670. The molecule has 1 N–H and O–H groups in total. The predicted molar refractivity (Wildman–Crippen MR) is 85.8 cm³/mol. The van der Waals surface area contributed by atoms with Crippen LogP contribution in [-0.4, -0.2) is 4.92 Å². The van der Waals surface area contributed by atoms with Gasteiger partial charge in [-0.25, -0.2) is 0 Å². The minimum atomic E-state index is -0.332. The SMILES string of the molecule is Cc1cc(C)c(NCc2ccc(C)c([N+](=O)[O-])c2)c(C)c1. The molecule has 4 nitrogen and oxygen atoms in total. The molecule has 4 heteroatoms. The van der Waals surface area contributed by atoms with Crippen LogP contribution < -0.4 is 5.32 Å². The number of nitro groups is 1. The fourth-order valence-corrected chi connectivity index (χ4v) is 2.61. The zero-order valence-electron chi connectivity index (χ0n) is 12.9. The normalized spacial score (nSPS) is 10.5. The molecule has 0 aliphatic heterocycles. The first-order chi connectivity index (χ1) is 9.88. The summed E-state index contributed by atoms with van der Waals surface area (Å²) in [7, 11) is 0. The highest BCUT2D eigenvalue weighted by molar-refractivity contribution is 5.58. The van der Waals surface area contributed by atoms with Crippen LogP contribution in [0.1, 0.15) is 27.8 Å². The van der Waals surface area contributed by atoms with E-state index in [1.165, 1.54) is 16.7 Å². The standard InChI is InChI=1S/C17H20N2O2/c1-11-7-13(3)17(14(4)8-11)18-10-15-6-5-12(2)16(9-15)19(20)21/h5-9,18H,10H2,1-4H3. The smallest absolute Gasteiger partial charge is 0.272 e. The van der Waals surface area contributed by atoms with Gasteiger partial charge < -0.3 is 5.32 Å². The maximum atomic E-state index is 11.0. The summed E-state index contributed by atoms with van der Waals surface area (Å²) < 4.78 is 0. The van der Waals surface area contributed by atoms with Crippen molar-refractivity contribution in [2.45, 2.75) is 34.2 Å². The van der Waals surface area contributed by atoms with Crippen molar-refractivity contribution in [3.63, 3.8) is 0 Å². The van der Waals surface area contributed by atoms with Crippen LogP contribution in [0.2, 0.25) is 0 Å². The van der Waals surface area contributed by atoms with Crippen molar-refractivity contribution in [1.82, 2.24) is 0 Å². The number of anilines is 1. The van der Waals surface area contributed by atoms with E-state index in [0.29, 0.717) is 12.1 Å². The summed E-state index contributed by atoms with van der Waals surface area (Å²) in [5.74, 6) is 0. The zero-order valence-corrected chi connectivity index (χ0v) is 12.9. The van der Waals surface area contributed by atoms with Gasteiger partial charge in [-0.2, -0.15) is 0 Å². The number of aryl methyl sites for hydroxylation is 4. The summed E-state index contributed by atoms with van der Waals surface area (Å²) >= 11 is 0. The lowest BCUT2D eigenvalue weighted by Gasteiger charge is -2.14. The van der Waals surface area contributed by atoms with Gasteiger partial charge in [0.25, 0.3) is 5.69 Å². The van der Waals surface area contributed by atoms with E-state index in [1.807, 2.05) is 6.07 Å². The molecule has 0 radical (unpaired) electrons. The van der Waals surface area contributed by atoms with E-state index < -0.39 is 0 Å². The van der Waals surface area contributed by atoms with Crippen LogP contribution in [0, 0.1) is 37.8 Å². The Hall–Kier alpha value is -2.36. The summed E-state index contributed by atoms with van der Waals surface area (Å²) in [6.07, 6.45) is 0. The molecule has 0 aliphatic carbocycles. The molecule has 0 bridgehead atoms. The minimum absolute atomic E-state index is 0.173. The Morgan fingerprint density at radius 3 is 2.19 bits per heavy atom. The summed E-state index contributed by atoms with van der Waals surface area (Å²) in [5, 5.41) is 14.4. The Labute approximate surface area is 125 Å². The fraction of sp³-hybridized carbons (Fsp3) is 0.294. The lowest BCUT2D eigenvalue weighted by molar-refractivity contribution is -0.385. The van der Waals surface area contributed by atoms with E-state index in [9.17, 15) is 10.1 Å². The average Bonchev–Trinajstić information content (AvgIpc) is 2.38. The zero-order chi connectivity index (χ0) is 15.6. The molecule has 0 fully saturated rings. The molecule has 0 saturated carbocycles. The van der Waals surface area contributed by atoms with Gasteiger partial charge in [0, 0.05) is 23.9 Å². The van der Waals surface area contributed by atoms with Crippen molar-refractivity contribution in [3.05, 3.63) is 68.3 Å². The highest BCUT2D eigenvalue weighted by Gasteiger charge is 2.11. The van der Waals surface area contributed by atoms with Crippen molar-refractivity contribution in [2.75, 3.05) is 5.32 Å². The van der Waals surface area contributed by atoms with Gasteiger partial charge in [0.1, 0.15) is 0 Å². The highest BCUT2D eigenvalue weighted by Crippen LogP contribution is 2.24. The van der Waals surface area contributed by atoms with E-state index in [2.05, 4.69) is 38.2 Å². The Balaban J connectivity index is 2.21. The van der Waals surface area contributed by atoms with Crippen molar-refractivity contribution in [1.29, 1.82) is 0 Å². The largest absolute Gasteiger partial charge is 0.381 e. The molecule has 110 valence electrons. The molecule has 0 spiro atoms. The van der Waals surface area contributed by atoms with Crippen LogP contribution >= 0.6 is 0 Å². The van der Waals surface area contributed by atoms with E-state index in [0.717, 1.165) is 11.3 Å². The number of nitrogens with zero attached hydrogens (tertiary/aromatic N) is 1. The molecule has 0 saturated heterocycles.